The number of carbonyl (C=O) groups excluding carboxylic acids is 2. The van der Waals surface area contributed by atoms with Crippen LogP contribution in [0.25, 0.3) is 0 Å². The van der Waals surface area contributed by atoms with Gasteiger partial charge >= 0.3 is 0 Å². The first-order valence-corrected chi connectivity index (χ1v) is 9.59. The van der Waals surface area contributed by atoms with Gasteiger partial charge in [0, 0.05) is 10.8 Å². The van der Waals surface area contributed by atoms with E-state index in [2.05, 4.69) is 12.2 Å². The molecule has 2 bridgehead atoms. The Morgan fingerprint density at radius 2 is 2.04 bits per heavy atom. The molecule has 124 valence electrons. The van der Waals surface area contributed by atoms with Crippen molar-refractivity contribution in [1.29, 1.82) is 0 Å². The normalized spacial score (nSPS) is 31.9. The molecule has 4 nitrogen and oxygen atoms in total. The molecule has 5 heteroatoms. The van der Waals surface area contributed by atoms with Gasteiger partial charge in [0.25, 0.3) is 5.91 Å². The molecule has 0 unspecified atom stereocenters. The van der Waals surface area contributed by atoms with E-state index in [0.717, 1.165) is 37.2 Å². The van der Waals surface area contributed by atoms with Crippen LogP contribution in [-0.2, 0) is 17.6 Å². The molecule has 1 heterocycles. The van der Waals surface area contributed by atoms with Crippen molar-refractivity contribution in [2.24, 2.45) is 29.4 Å². The fourth-order valence-electron chi connectivity index (χ4n) is 4.87. The topological polar surface area (TPSA) is 72.2 Å². The van der Waals surface area contributed by atoms with E-state index >= 15 is 0 Å². The first kappa shape index (κ1) is 15.2. The third-order valence-corrected chi connectivity index (χ3v) is 7.24. The van der Waals surface area contributed by atoms with Crippen LogP contribution in [0.1, 0.15) is 59.8 Å². The number of carbonyl (C=O) groups is 2. The van der Waals surface area contributed by atoms with Crippen molar-refractivity contribution in [3.05, 3.63) is 16.0 Å². The summed E-state index contributed by atoms with van der Waals surface area (Å²) in [6.45, 7) is 2.24. The predicted molar refractivity (Wildman–Crippen MR) is 91.6 cm³/mol. The maximum atomic E-state index is 12.7. The predicted octanol–water partition coefficient (Wildman–Crippen LogP) is 3.35. The summed E-state index contributed by atoms with van der Waals surface area (Å²) in [5.74, 6) is 1.76. The molecular weight excluding hydrogens is 308 g/mol. The summed E-state index contributed by atoms with van der Waals surface area (Å²) in [4.78, 5) is 25.9. The lowest BCUT2D eigenvalue weighted by molar-refractivity contribution is -0.121. The number of nitrogens with two attached hydrogens (primary N) is 1. The molecule has 0 spiro atoms. The number of anilines is 1. The molecule has 3 N–H and O–H groups in total. The molecule has 3 aliphatic rings. The number of hydrogen-bond acceptors (Lipinski definition) is 3. The van der Waals surface area contributed by atoms with Gasteiger partial charge in [-0.05, 0) is 61.8 Å². The number of primary amides is 1. The summed E-state index contributed by atoms with van der Waals surface area (Å²) in [6.07, 6.45) is 7.67. The Morgan fingerprint density at radius 1 is 1.22 bits per heavy atom. The highest BCUT2D eigenvalue weighted by atomic mass is 32.1. The highest BCUT2D eigenvalue weighted by molar-refractivity contribution is 7.17. The maximum Gasteiger partial charge on any atom is 0.251 e. The van der Waals surface area contributed by atoms with E-state index in [0.29, 0.717) is 22.4 Å². The molecule has 3 aliphatic carbocycles. The van der Waals surface area contributed by atoms with Crippen LogP contribution in [0.15, 0.2) is 0 Å². The highest BCUT2D eigenvalue weighted by Crippen LogP contribution is 2.49. The zero-order valence-corrected chi connectivity index (χ0v) is 14.4. The van der Waals surface area contributed by atoms with Crippen LogP contribution in [0.4, 0.5) is 5.00 Å². The lowest BCUT2D eigenvalue weighted by atomic mass is 9.87. The molecule has 4 atom stereocenters. The Morgan fingerprint density at radius 3 is 2.70 bits per heavy atom. The molecule has 0 aromatic carbocycles. The van der Waals surface area contributed by atoms with Gasteiger partial charge in [-0.2, -0.15) is 0 Å². The molecule has 1 aromatic heterocycles. The van der Waals surface area contributed by atoms with E-state index in [4.69, 9.17) is 5.73 Å². The average Bonchev–Trinajstić information content (AvgIpc) is 3.18. The van der Waals surface area contributed by atoms with Crippen molar-refractivity contribution in [3.63, 3.8) is 0 Å². The quantitative estimate of drug-likeness (QED) is 0.891. The molecule has 2 fully saturated rings. The third-order valence-electron chi connectivity index (χ3n) is 6.07. The van der Waals surface area contributed by atoms with E-state index in [9.17, 15) is 9.59 Å². The minimum atomic E-state index is -0.403. The van der Waals surface area contributed by atoms with Gasteiger partial charge in [0.1, 0.15) is 5.00 Å². The average molecular weight is 332 g/mol. The summed E-state index contributed by atoms with van der Waals surface area (Å²) < 4.78 is 0. The van der Waals surface area contributed by atoms with Crippen LogP contribution in [0.3, 0.4) is 0 Å². The number of rotatable bonds is 3. The van der Waals surface area contributed by atoms with E-state index < -0.39 is 5.91 Å². The summed E-state index contributed by atoms with van der Waals surface area (Å²) >= 11 is 1.57. The van der Waals surface area contributed by atoms with Crippen molar-refractivity contribution >= 4 is 28.2 Å². The summed E-state index contributed by atoms with van der Waals surface area (Å²) in [5.41, 5.74) is 7.29. The third kappa shape index (κ3) is 2.59. The van der Waals surface area contributed by atoms with Crippen LogP contribution in [0, 0.1) is 23.7 Å². The Balaban J connectivity index is 1.59. The highest BCUT2D eigenvalue weighted by Gasteiger charge is 2.43. The van der Waals surface area contributed by atoms with Crippen molar-refractivity contribution in [3.8, 4) is 0 Å². The second-order valence-corrected chi connectivity index (χ2v) is 8.80. The smallest absolute Gasteiger partial charge is 0.251 e. The second kappa shape index (κ2) is 5.62. The van der Waals surface area contributed by atoms with E-state index in [1.807, 2.05) is 0 Å². The number of hydrogen-bond donors (Lipinski definition) is 2. The molecule has 2 saturated carbocycles. The van der Waals surface area contributed by atoms with Crippen molar-refractivity contribution in [1.82, 2.24) is 0 Å². The van der Waals surface area contributed by atoms with Crippen molar-refractivity contribution < 1.29 is 9.59 Å². The van der Waals surface area contributed by atoms with E-state index in [-0.39, 0.29) is 11.8 Å². The van der Waals surface area contributed by atoms with Crippen molar-refractivity contribution in [2.45, 2.75) is 51.9 Å². The van der Waals surface area contributed by atoms with E-state index in [1.165, 1.54) is 24.1 Å². The van der Waals surface area contributed by atoms with Gasteiger partial charge in [-0.15, -0.1) is 11.3 Å². The summed E-state index contributed by atoms with van der Waals surface area (Å²) in [7, 11) is 0. The largest absolute Gasteiger partial charge is 0.365 e. The minimum Gasteiger partial charge on any atom is -0.365 e. The van der Waals surface area contributed by atoms with E-state index in [1.54, 1.807) is 11.3 Å². The van der Waals surface area contributed by atoms with Gasteiger partial charge in [-0.25, -0.2) is 0 Å². The number of thiophene rings is 1. The second-order valence-electron chi connectivity index (χ2n) is 7.69. The van der Waals surface area contributed by atoms with Crippen LogP contribution in [0.5, 0.6) is 0 Å². The molecule has 23 heavy (non-hydrogen) atoms. The van der Waals surface area contributed by atoms with Crippen LogP contribution < -0.4 is 11.1 Å². The zero-order valence-electron chi connectivity index (χ0n) is 13.6. The molecule has 4 rings (SSSR count). The Bertz CT molecular complexity index is 666. The Kier molecular flexibility index (Phi) is 3.71. The Hall–Kier alpha value is -1.36. The molecular formula is C18H24N2O2S. The summed E-state index contributed by atoms with van der Waals surface area (Å²) in [6, 6.07) is 0. The van der Waals surface area contributed by atoms with Gasteiger partial charge in [-0.1, -0.05) is 13.3 Å². The molecule has 1 aromatic rings. The molecule has 0 aliphatic heterocycles. The standard InChI is InChI=1S/C18H24N2O2S/c1-9-2-5-12-14(6-9)23-18(15(12)16(19)21)20-17(22)13-8-10-3-4-11(13)7-10/h9-11,13H,2-8H2,1H3,(H2,19,21)(H,20,22)/t9-,10-,11-,13-/m0/s1. The SMILES string of the molecule is C[C@H]1CCc2c(sc(NC(=O)[C@H]3C[C@H]4CC[C@H]3C4)c2C(N)=O)C1. The first-order valence-electron chi connectivity index (χ1n) is 8.78. The van der Waals surface area contributed by atoms with Gasteiger partial charge in [0.2, 0.25) is 5.91 Å². The van der Waals surface area contributed by atoms with Crippen LogP contribution >= 0.6 is 11.3 Å². The summed E-state index contributed by atoms with van der Waals surface area (Å²) in [5, 5.41) is 3.77. The van der Waals surface area contributed by atoms with Gasteiger partial charge in [-0.3, -0.25) is 9.59 Å². The van der Waals surface area contributed by atoms with Crippen molar-refractivity contribution in [2.75, 3.05) is 5.32 Å². The number of amides is 2. The fourth-order valence-corrected chi connectivity index (χ4v) is 6.29. The van der Waals surface area contributed by atoms with Gasteiger partial charge in [0.15, 0.2) is 0 Å². The molecule has 2 amide bonds. The number of fused-ring (bicyclic) bond motifs is 3. The zero-order chi connectivity index (χ0) is 16.1. The lowest BCUT2D eigenvalue weighted by Gasteiger charge is -2.20. The molecule has 0 saturated heterocycles. The van der Waals surface area contributed by atoms with Crippen LogP contribution in [-0.4, -0.2) is 11.8 Å². The monoisotopic (exact) mass is 332 g/mol. The molecule has 0 radical (unpaired) electrons. The minimum absolute atomic E-state index is 0.103. The fraction of sp³-hybridized carbons (Fsp3) is 0.667. The lowest BCUT2D eigenvalue weighted by Crippen LogP contribution is -2.28. The Labute approximate surface area is 140 Å². The van der Waals surface area contributed by atoms with Gasteiger partial charge in [0.05, 0.1) is 5.56 Å². The maximum absolute atomic E-state index is 12.7. The van der Waals surface area contributed by atoms with Gasteiger partial charge < -0.3 is 11.1 Å². The van der Waals surface area contributed by atoms with Crippen LogP contribution in [0.2, 0.25) is 0 Å². The number of nitrogens with one attached hydrogen (secondary N) is 1. The first-order chi connectivity index (χ1) is 11.0.